The molecule has 5 nitrogen and oxygen atoms in total. The minimum atomic E-state index is -1.05. The first-order valence-electron chi connectivity index (χ1n) is 6.38. The van der Waals surface area contributed by atoms with E-state index in [1.165, 1.54) is 17.3 Å². The van der Waals surface area contributed by atoms with E-state index in [1.54, 1.807) is 0 Å². The molecule has 1 rings (SSSR count). The molecule has 0 heterocycles. The van der Waals surface area contributed by atoms with Crippen LogP contribution in [0.15, 0.2) is 30.3 Å². The van der Waals surface area contributed by atoms with Gasteiger partial charge >= 0.3 is 5.97 Å². The fraction of sp³-hybridized carbons (Fsp3) is 0.429. The Morgan fingerprint density at radius 3 is 2.60 bits per heavy atom. The van der Waals surface area contributed by atoms with Crippen LogP contribution in [-0.4, -0.2) is 41.1 Å². The predicted octanol–water partition coefficient (Wildman–Crippen LogP) is 1.05. The summed E-state index contributed by atoms with van der Waals surface area (Å²) in [6, 6.07) is 9.02. The van der Waals surface area contributed by atoms with Crippen molar-refractivity contribution in [2.24, 2.45) is 5.73 Å². The van der Waals surface area contributed by atoms with E-state index in [1.807, 2.05) is 37.3 Å². The van der Waals surface area contributed by atoms with Gasteiger partial charge in [0.1, 0.15) is 6.04 Å². The van der Waals surface area contributed by atoms with Crippen molar-refractivity contribution >= 4 is 23.6 Å². The van der Waals surface area contributed by atoms with Crippen LogP contribution >= 0.6 is 11.8 Å². The monoisotopic (exact) mass is 296 g/mol. The molecule has 1 amide bonds. The average Bonchev–Trinajstić information content (AvgIpc) is 2.45. The minimum absolute atomic E-state index is 0.102. The number of rotatable bonds is 8. The lowest BCUT2D eigenvalue weighted by Crippen LogP contribution is -2.34. The molecule has 1 unspecified atom stereocenters. The second-order valence-electron chi connectivity index (χ2n) is 4.58. The fourth-order valence-corrected chi connectivity index (χ4v) is 2.37. The number of aliphatic carboxylic acids is 1. The van der Waals surface area contributed by atoms with Crippen LogP contribution in [0.3, 0.4) is 0 Å². The molecule has 2 atom stereocenters. The van der Waals surface area contributed by atoms with E-state index in [0.717, 1.165) is 0 Å². The van der Waals surface area contributed by atoms with E-state index in [2.05, 4.69) is 5.32 Å². The van der Waals surface area contributed by atoms with Crippen LogP contribution in [-0.2, 0) is 9.59 Å². The quantitative estimate of drug-likeness (QED) is 0.667. The Labute approximate surface area is 122 Å². The van der Waals surface area contributed by atoms with Crippen molar-refractivity contribution in [3.63, 3.8) is 0 Å². The standard InChI is InChI=1S/C14H20N2O3S/c1-10(11-5-3-2-4-6-11)7-16-13(17)9-20-8-12(15)14(18)19/h2-6,10,12H,7-9,15H2,1H3,(H,16,17)(H,18,19)/t10?,12-/m0/s1. The van der Waals surface area contributed by atoms with Gasteiger partial charge in [0.2, 0.25) is 5.91 Å². The van der Waals surface area contributed by atoms with Crippen LogP contribution in [0.5, 0.6) is 0 Å². The third-order valence-corrected chi connectivity index (χ3v) is 3.88. The Morgan fingerprint density at radius 2 is 2.00 bits per heavy atom. The van der Waals surface area contributed by atoms with Crippen LogP contribution in [0.2, 0.25) is 0 Å². The van der Waals surface area contributed by atoms with Crippen molar-refractivity contribution in [3.8, 4) is 0 Å². The van der Waals surface area contributed by atoms with Crippen molar-refractivity contribution in [2.45, 2.75) is 18.9 Å². The molecular formula is C14H20N2O3S. The Hall–Kier alpha value is -1.53. The van der Waals surface area contributed by atoms with Gasteiger partial charge in [-0.25, -0.2) is 0 Å². The number of nitrogens with two attached hydrogens (primary N) is 1. The first kappa shape index (κ1) is 16.5. The van der Waals surface area contributed by atoms with Gasteiger partial charge in [-0.1, -0.05) is 37.3 Å². The highest BCUT2D eigenvalue weighted by atomic mass is 32.2. The molecule has 6 heteroatoms. The van der Waals surface area contributed by atoms with Crippen molar-refractivity contribution in [1.29, 1.82) is 0 Å². The molecule has 0 aliphatic carbocycles. The normalized spacial score (nSPS) is 13.5. The molecule has 0 aliphatic rings. The first-order chi connectivity index (χ1) is 9.50. The zero-order valence-electron chi connectivity index (χ0n) is 11.4. The predicted molar refractivity (Wildman–Crippen MR) is 80.8 cm³/mol. The fourth-order valence-electron chi connectivity index (χ4n) is 1.57. The second-order valence-corrected chi connectivity index (χ2v) is 5.61. The maximum atomic E-state index is 11.6. The highest BCUT2D eigenvalue weighted by Gasteiger charge is 2.12. The van der Waals surface area contributed by atoms with Crippen LogP contribution < -0.4 is 11.1 Å². The average molecular weight is 296 g/mol. The number of carbonyl (C=O) groups excluding carboxylic acids is 1. The summed E-state index contributed by atoms with van der Waals surface area (Å²) < 4.78 is 0. The number of amides is 1. The smallest absolute Gasteiger partial charge is 0.321 e. The maximum absolute atomic E-state index is 11.6. The summed E-state index contributed by atoms with van der Waals surface area (Å²) in [5.74, 6) is -0.447. The molecule has 0 aliphatic heterocycles. The van der Waals surface area contributed by atoms with Gasteiger partial charge < -0.3 is 16.2 Å². The summed E-state index contributed by atoms with van der Waals surface area (Å²) in [5.41, 5.74) is 6.52. The van der Waals surface area contributed by atoms with Crippen molar-refractivity contribution < 1.29 is 14.7 Å². The zero-order valence-corrected chi connectivity index (χ0v) is 12.2. The summed E-state index contributed by atoms with van der Waals surface area (Å²) in [4.78, 5) is 22.1. The van der Waals surface area contributed by atoms with Crippen LogP contribution in [0.1, 0.15) is 18.4 Å². The molecule has 0 fully saturated rings. The molecule has 0 radical (unpaired) electrons. The number of nitrogens with one attached hydrogen (secondary N) is 1. The largest absolute Gasteiger partial charge is 0.480 e. The van der Waals surface area contributed by atoms with Crippen LogP contribution in [0.25, 0.3) is 0 Å². The molecule has 1 aromatic rings. The first-order valence-corrected chi connectivity index (χ1v) is 7.54. The molecule has 0 bridgehead atoms. The van der Waals surface area contributed by atoms with Gasteiger partial charge in [-0.2, -0.15) is 0 Å². The summed E-state index contributed by atoms with van der Waals surface area (Å²) in [6.45, 7) is 2.61. The molecule has 0 saturated heterocycles. The molecule has 110 valence electrons. The summed E-state index contributed by atoms with van der Waals surface area (Å²) in [6.07, 6.45) is 0. The Morgan fingerprint density at radius 1 is 1.35 bits per heavy atom. The molecule has 0 aromatic heterocycles. The summed E-state index contributed by atoms with van der Waals surface area (Å²) in [7, 11) is 0. The summed E-state index contributed by atoms with van der Waals surface area (Å²) >= 11 is 1.23. The third kappa shape index (κ3) is 6.08. The zero-order chi connectivity index (χ0) is 15.0. The molecule has 4 N–H and O–H groups in total. The van der Waals surface area contributed by atoms with Gasteiger partial charge in [0, 0.05) is 12.3 Å². The molecular weight excluding hydrogens is 276 g/mol. The lowest BCUT2D eigenvalue weighted by atomic mass is 10.0. The van der Waals surface area contributed by atoms with Gasteiger partial charge in [-0.05, 0) is 11.5 Å². The second kappa shape index (κ2) is 8.60. The number of hydrogen-bond acceptors (Lipinski definition) is 4. The molecule has 0 spiro atoms. The van der Waals surface area contributed by atoms with Crippen molar-refractivity contribution in [3.05, 3.63) is 35.9 Å². The molecule has 0 saturated carbocycles. The number of carbonyl (C=O) groups is 2. The van der Waals surface area contributed by atoms with Crippen molar-refractivity contribution in [2.75, 3.05) is 18.1 Å². The van der Waals surface area contributed by atoms with Gasteiger partial charge in [-0.3, -0.25) is 9.59 Å². The lowest BCUT2D eigenvalue weighted by Gasteiger charge is -2.13. The van der Waals surface area contributed by atoms with E-state index < -0.39 is 12.0 Å². The number of hydrogen-bond donors (Lipinski definition) is 3. The Kier molecular flexibility index (Phi) is 7.11. The highest BCUT2D eigenvalue weighted by Crippen LogP contribution is 2.13. The maximum Gasteiger partial charge on any atom is 0.321 e. The van der Waals surface area contributed by atoms with Gasteiger partial charge in [0.15, 0.2) is 0 Å². The number of benzene rings is 1. The number of carboxylic acid groups (broad SMARTS) is 1. The molecule has 20 heavy (non-hydrogen) atoms. The van der Waals surface area contributed by atoms with E-state index in [4.69, 9.17) is 10.8 Å². The minimum Gasteiger partial charge on any atom is -0.480 e. The Balaban J connectivity index is 2.22. The van der Waals surface area contributed by atoms with Gasteiger partial charge in [0.25, 0.3) is 0 Å². The number of carboxylic acids is 1. The molecule has 1 aromatic carbocycles. The van der Waals surface area contributed by atoms with E-state index in [-0.39, 0.29) is 23.3 Å². The summed E-state index contributed by atoms with van der Waals surface area (Å²) in [5, 5.41) is 11.4. The van der Waals surface area contributed by atoms with Gasteiger partial charge in [0.05, 0.1) is 5.75 Å². The number of thioether (sulfide) groups is 1. The van der Waals surface area contributed by atoms with E-state index in [9.17, 15) is 9.59 Å². The van der Waals surface area contributed by atoms with Gasteiger partial charge in [-0.15, -0.1) is 11.8 Å². The third-order valence-electron chi connectivity index (χ3n) is 2.82. The van der Waals surface area contributed by atoms with Crippen LogP contribution in [0.4, 0.5) is 0 Å². The van der Waals surface area contributed by atoms with Crippen LogP contribution in [0, 0.1) is 0 Å². The SMILES string of the molecule is CC(CNC(=O)CSC[C@H](N)C(=O)O)c1ccccc1. The topological polar surface area (TPSA) is 92.4 Å². The highest BCUT2D eigenvalue weighted by molar-refractivity contribution is 8.00. The van der Waals surface area contributed by atoms with E-state index >= 15 is 0 Å². The van der Waals surface area contributed by atoms with Crippen molar-refractivity contribution in [1.82, 2.24) is 5.32 Å². The lowest BCUT2D eigenvalue weighted by molar-refractivity contribution is -0.138. The van der Waals surface area contributed by atoms with E-state index in [0.29, 0.717) is 6.54 Å². The Bertz CT molecular complexity index is 439.